The lowest BCUT2D eigenvalue weighted by Crippen LogP contribution is -2.30. The molecular formula is C20H15N2O+. The highest BCUT2D eigenvalue weighted by molar-refractivity contribution is 6.14. The van der Waals surface area contributed by atoms with Gasteiger partial charge in [-0.1, -0.05) is 12.1 Å². The van der Waals surface area contributed by atoms with E-state index in [0.717, 1.165) is 38.8 Å². The summed E-state index contributed by atoms with van der Waals surface area (Å²) in [6.07, 6.45) is 2.03. The van der Waals surface area contributed by atoms with Gasteiger partial charge in [0.2, 0.25) is 5.69 Å². The second kappa shape index (κ2) is 4.96. The lowest BCUT2D eigenvalue weighted by atomic mass is 9.96. The van der Waals surface area contributed by atoms with Crippen LogP contribution in [-0.2, 0) is 7.05 Å². The van der Waals surface area contributed by atoms with E-state index in [4.69, 9.17) is 4.42 Å². The van der Waals surface area contributed by atoms with Crippen LogP contribution in [-0.4, -0.2) is 0 Å². The van der Waals surface area contributed by atoms with Gasteiger partial charge in [0, 0.05) is 22.9 Å². The number of furan rings is 1. The average molecular weight is 299 g/mol. The molecule has 23 heavy (non-hydrogen) atoms. The zero-order chi connectivity index (χ0) is 16.0. The smallest absolute Gasteiger partial charge is 0.213 e. The summed E-state index contributed by atoms with van der Waals surface area (Å²) in [4.78, 5) is 0. The predicted octanol–water partition coefficient (Wildman–Crippen LogP) is 4.26. The Labute approximate surface area is 134 Å². The molecule has 4 aromatic rings. The van der Waals surface area contributed by atoms with E-state index in [9.17, 15) is 5.26 Å². The number of hydrogen-bond donors (Lipinski definition) is 0. The molecule has 0 saturated heterocycles. The quantitative estimate of drug-likeness (QED) is 0.493. The van der Waals surface area contributed by atoms with Gasteiger partial charge in [0.25, 0.3) is 0 Å². The minimum Gasteiger partial charge on any atom is -0.456 e. The normalized spacial score (nSPS) is 11.0. The topological polar surface area (TPSA) is 40.8 Å². The van der Waals surface area contributed by atoms with E-state index in [-0.39, 0.29) is 0 Å². The van der Waals surface area contributed by atoms with Gasteiger partial charge in [-0.3, -0.25) is 0 Å². The molecule has 0 spiro atoms. The fourth-order valence-electron chi connectivity index (χ4n) is 3.22. The summed E-state index contributed by atoms with van der Waals surface area (Å²) in [6, 6.07) is 18.1. The van der Waals surface area contributed by atoms with E-state index in [1.165, 1.54) is 0 Å². The van der Waals surface area contributed by atoms with Gasteiger partial charge in [0.1, 0.15) is 18.2 Å². The molecule has 0 radical (unpaired) electrons. The van der Waals surface area contributed by atoms with Crippen LogP contribution < -0.4 is 4.57 Å². The Bertz CT molecular complexity index is 1100. The third kappa shape index (κ3) is 1.92. The molecule has 110 valence electrons. The molecule has 0 unspecified atom stereocenters. The van der Waals surface area contributed by atoms with Crippen LogP contribution in [0.1, 0.15) is 11.1 Å². The van der Waals surface area contributed by atoms with Crippen molar-refractivity contribution in [1.29, 1.82) is 5.26 Å². The molecule has 0 saturated carbocycles. The largest absolute Gasteiger partial charge is 0.456 e. The van der Waals surface area contributed by atoms with Crippen LogP contribution >= 0.6 is 0 Å². The summed E-state index contributed by atoms with van der Waals surface area (Å²) >= 11 is 0. The van der Waals surface area contributed by atoms with E-state index in [1.54, 1.807) is 0 Å². The molecule has 2 heterocycles. The first-order chi connectivity index (χ1) is 11.2. The maximum Gasteiger partial charge on any atom is 0.213 e. The molecule has 3 heteroatoms. The SMILES string of the molecule is Cc1ccc2oc3cccc(C#N)c3c2c1-c1cccc[n+]1C. The van der Waals surface area contributed by atoms with Crippen LogP contribution in [0.3, 0.4) is 0 Å². The third-order valence-electron chi connectivity index (χ3n) is 4.30. The Hall–Kier alpha value is -3.12. The van der Waals surface area contributed by atoms with Crippen molar-refractivity contribution in [2.45, 2.75) is 6.92 Å². The Balaban J connectivity index is 2.26. The Kier molecular flexibility index (Phi) is 2.92. The predicted molar refractivity (Wildman–Crippen MR) is 89.8 cm³/mol. The number of nitrogens with zero attached hydrogens (tertiary/aromatic N) is 2. The van der Waals surface area contributed by atoms with E-state index in [1.807, 2.05) is 49.6 Å². The highest BCUT2D eigenvalue weighted by Crippen LogP contribution is 2.38. The van der Waals surface area contributed by atoms with E-state index < -0.39 is 0 Å². The molecule has 0 amide bonds. The first kappa shape index (κ1) is 13.5. The van der Waals surface area contributed by atoms with Crippen molar-refractivity contribution in [2.75, 3.05) is 0 Å². The summed E-state index contributed by atoms with van der Waals surface area (Å²) < 4.78 is 8.08. The summed E-state index contributed by atoms with van der Waals surface area (Å²) in [7, 11) is 2.03. The van der Waals surface area contributed by atoms with Crippen LogP contribution in [0.5, 0.6) is 0 Å². The molecular weight excluding hydrogens is 284 g/mol. The lowest BCUT2D eigenvalue weighted by molar-refractivity contribution is -0.660. The molecule has 0 aliphatic heterocycles. The molecule has 0 bridgehead atoms. The van der Waals surface area contributed by atoms with E-state index in [2.05, 4.69) is 29.7 Å². The summed E-state index contributed by atoms with van der Waals surface area (Å²) in [5.74, 6) is 0. The maximum absolute atomic E-state index is 9.50. The zero-order valence-corrected chi connectivity index (χ0v) is 13.0. The number of aromatic nitrogens is 1. The Morgan fingerprint density at radius 3 is 2.57 bits per heavy atom. The van der Waals surface area contributed by atoms with Gasteiger partial charge in [0.05, 0.1) is 17.2 Å². The monoisotopic (exact) mass is 299 g/mol. The standard InChI is InChI=1S/C20H15N2O/c1-13-9-10-17-20(18(13)15-7-3-4-11-22(15)2)19-14(12-21)6-5-8-16(19)23-17/h3-11H,1-2H3/q+1. The van der Waals surface area contributed by atoms with Crippen molar-refractivity contribution in [3.63, 3.8) is 0 Å². The molecule has 2 aromatic heterocycles. The highest BCUT2D eigenvalue weighted by atomic mass is 16.3. The molecule has 4 rings (SSSR count). The molecule has 0 atom stereocenters. The summed E-state index contributed by atoms with van der Waals surface area (Å²) in [6.45, 7) is 2.09. The molecule has 0 fully saturated rings. The Morgan fingerprint density at radius 1 is 0.957 bits per heavy atom. The molecule has 0 N–H and O–H groups in total. The van der Waals surface area contributed by atoms with Crippen molar-refractivity contribution >= 4 is 21.9 Å². The molecule has 2 aromatic carbocycles. The number of pyridine rings is 1. The van der Waals surface area contributed by atoms with Gasteiger partial charge >= 0.3 is 0 Å². The first-order valence-corrected chi connectivity index (χ1v) is 7.50. The lowest BCUT2D eigenvalue weighted by Gasteiger charge is -2.06. The highest BCUT2D eigenvalue weighted by Gasteiger charge is 2.21. The fourth-order valence-corrected chi connectivity index (χ4v) is 3.22. The van der Waals surface area contributed by atoms with Gasteiger partial charge < -0.3 is 4.42 Å². The number of rotatable bonds is 1. The van der Waals surface area contributed by atoms with Crippen LogP contribution in [0, 0.1) is 18.3 Å². The van der Waals surface area contributed by atoms with Gasteiger partial charge in [0.15, 0.2) is 6.20 Å². The first-order valence-electron chi connectivity index (χ1n) is 7.50. The van der Waals surface area contributed by atoms with Crippen LogP contribution in [0.15, 0.2) is 59.1 Å². The number of fused-ring (bicyclic) bond motifs is 3. The molecule has 0 aliphatic rings. The molecule has 0 aliphatic carbocycles. The van der Waals surface area contributed by atoms with E-state index in [0.29, 0.717) is 5.56 Å². The van der Waals surface area contributed by atoms with Crippen LogP contribution in [0.2, 0.25) is 0 Å². The van der Waals surface area contributed by atoms with Crippen molar-refractivity contribution in [3.05, 3.63) is 65.9 Å². The van der Waals surface area contributed by atoms with Crippen molar-refractivity contribution in [1.82, 2.24) is 0 Å². The van der Waals surface area contributed by atoms with Crippen molar-refractivity contribution < 1.29 is 8.98 Å². The zero-order valence-electron chi connectivity index (χ0n) is 13.0. The minimum absolute atomic E-state index is 0.645. The second-order valence-electron chi connectivity index (χ2n) is 5.72. The summed E-state index contributed by atoms with van der Waals surface area (Å²) in [5, 5.41) is 11.4. The fraction of sp³-hybridized carbons (Fsp3) is 0.100. The molecule has 3 nitrogen and oxygen atoms in total. The van der Waals surface area contributed by atoms with Crippen molar-refractivity contribution in [3.8, 4) is 17.3 Å². The average Bonchev–Trinajstić information content (AvgIpc) is 2.94. The number of benzene rings is 2. The van der Waals surface area contributed by atoms with Gasteiger partial charge in [-0.15, -0.1) is 0 Å². The minimum atomic E-state index is 0.645. The number of aryl methyl sites for hydroxylation is 2. The third-order valence-corrected chi connectivity index (χ3v) is 4.30. The number of hydrogen-bond acceptors (Lipinski definition) is 2. The van der Waals surface area contributed by atoms with E-state index >= 15 is 0 Å². The van der Waals surface area contributed by atoms with Crippen LogP contribution in [0.4, 0.5) is 0 Å². The van der Waals surface area contributed by atoms with Crippen LogP contribution in [0.25, 0.3) is 33.2 Å². The maximum atomic E-state index is 9.50. The second-order valence-corrected chi connectivity index (χ2v) is 5.72. The van der Waals surface area contributed by atoms with Gasteiger partial charge in [-0.05, 0) is 36.8 Å². The van der Waals surface area contributed by atoms with Crippen molar-refractivity contribution in [2.24, 2.45) is 7.05 Å². The summed E-state index contributed by atoms with van der Waals surface area (Å²) in [5.41, 5.74) is 5.59. The Morgan fingerprint density at radius 2 is 1.78 bits per heavy atom. The van der Waals surface area contributed by atoms with Gasteiger partial charge in [-0.2, -0.15) is 5.26 Å². The van der Waals surface area contributed by atoms with Gasteiger partial charge in [-0.25, -0.2) is 4.57 Å². The number of nitriles is 1.